The molecule has 2 rings (SSSR count). The first-order valence-electron chi connectivity index (χ1n) is 6.45. The van der Waals surface area contributed by atoms with Crippen molar-refractivity contribution in [3.8, 4) is 11.3 Å². The van der Waals surface area contributed by atoms with Gasteiger partial charge >= 0.3 is 5.97 Å². The zero-order valence-electron chi connectivity index (χ0n) is 11.3. The molecule has 4 nitrogen and oxygen atoms in total. The zero-order valence-corrected chi connectivity index (χ0v) is 11.3. The number of hydrogen-bond donors (Lipinski definition) is 1. The van der Waals surface area contributed by atoms with Crippen LogP contribution in [0.1, 0.15) is 24.5 Å². The average Bonchev–Trinajstić information content (AvgIpc) is 2.80. The van der Waals surface area contributed by atoms with Gasteiger partial charge in [-0.25, -0.2) is 0 Å². The summed E-state index contributed by atoms with van der Waals surface area (Å²) in [6.07, 6.45) is 2.59. The van der Waals surface area contributed by atoms with Gasteiger partial charge in [0.2, 0.25) is 0 Å². The maximum Gasteiger partial charge on any atom is 0.303 e. The highest BCUT2D eigenvalue weighted by molar-refractivity contribution is 5.69. The lowest BCUT2D eigenvalue weighted by atomic mass is 10.0. The first kappa shape index (κ1) is 13.3. The Morgan fingerprint density at radius 3 is 2.58 bits per heavy atom. The van der Waals surface area contributed by atoms with E-state index >= 15 is 0 Å². The van der Waals surface area contributed by atoms with Gasteiger partial charge in [0.05, 0.1) is 5.69 Å². The molecule has 2 aromatic rings. The average molecular weight is 258 g/mol. The van der Waals surface area contributed by atoms with Gasteiger partial charge in [0, 0.05) is 24.7 Å². The number of carboxylic acids is 1. The minimum absolute atomic E-state index is 0.133. The summed E-state index contributed by atoms with van der Waals surface area (Å²) in [5.41, 5.74) is 4.13. The highest BCUT2D eigenvalue weighted by Crippen LogP contribution is 2.23. The van der Waals surface area contributed by atoms with E-state index < -0.39 is 5.97 Å². The van der Waals surface area contributed by atoms with Crippen LogP contribution in [0.2, 0.25) is 0 Å². The summed E-state index contributed by atoms with van der Waals surface area (Å²) < 4.78 is 1.85. The van der Waals surface area contributed by atoms with Crippen molar-refractivity contribution < 1.29 is 9.90 Å². The molecule has 0 bridgehead atoms. The fourth-order valence-electron chi connectivity index (χ4n) is 2.00. The molecule has 0 spiro atoms. The highest BCUT2D eigenvalue weighted by atomic mass is 16.4. The maximum atomic E-state index is 10.7. The van der Waals surface area contributed by atoms with Gasteiger partial charge in [0.25, 0.3) is 0 Å². The Labute approximate surface area is 112 Å². The van der Waals surface area contributed by atoms with E-state index in [-0.39, 0.29) is 6.42 Å². The van der Waals surface area contributed by atoms with Gasteiger partial charge in [-0.05, 0) is 25.8 Å². The van der Waals surface area contributed by atoms with E-state index in [4.69, 9.17) is 5.11 Å². The molecule has 19 heavy (non-hydrogen) atoms. The van der Waals surface area contributed by atoms with Crippen LogP contribution in [0, 0.1) is 6.92 Å². The third-order valence-electron chi connectivity index (χ3n) is 3.09. The van der Waals surface area contributed by atoms with Gasteiger partial charge in [0.15, 0.2) is 0 Å². The first-order valence-corrected chi connectivity index (χ1v) is 6.45. The van der Waals surface area contributed by atoms with Crippen LogP contribution in [0.15, 0.2) is 30.5 Å². The van der Waals surface area contributed by atoms with E-state index in [1.165, 1.54) is 5.56 Å². The van der Waals surface area contributed by atoms with Crippen molar-refractivity contribution in [3.63, 3.8) is 0 Å². The molecule has 0 atom stereocenters. The van der Waals surface area contributed by atoms with Gasteiger partial charge < -0.3 is 5.11 Å². The molecule has 100 valence electrons. The monoisotopic (exact) mass is 258 g/mol. The smallest absolute Gasteiger partial charge is 0.303 e. The number of aromatic nitrogens is 2. The Morgan fingerprint density at radius 2 is 2.00 bits per heavy atom. The molecule has 1 aromatic heterocycles. The van der Waals surface area contributed by atoms with Crippen molar-refractivity contribution >= 4 is 5.97 Å². The summed E-state index contributed by atoms with van der Waals surface area (Å²) in [5.74, 6) is -0.779. The highest BCUT2D eigenvalue weighted by Gasteiger charge is 2.12. The largest absolute Gasteiger partial charge is 0.481 e. The minimum Gasteiger partial charge on any atom is -0.481 e. The predicted octanol–water partition coefficient (Wildman–Crippen LogP) is 2.90. The van der Waals surface area contributed by atoms with E-state index in [9.17, 15) is 4.79 Å². The van der Waals surface area contributed by atoms with Gasteiger partial charge in [-0.2, -0.15) is 5.10 Å². The first-order chi connectivity index (χ1) is 9.10. The number of hydrogen-bond acceptors (Lipinski definition) is 2. The second-order valence-corrected chi connectivity index (χ2v) is 4.62. The number of carboxylic acid groups (broad SMARTS) is 1. The van der Waals surface area contributed by atoms with Crippen LogP contribution < -0.4 is 0 Å². The molecule has 1 aromatic carbocycles. The van der Waals surface area contributed by atoms with Crippen LogP contribution in [0.5, 0.6) is 0 Å². The summed E-state index contributed by atoms with van der Waals surface area (Å²) in [6.45, 7) is 4.85. The third-order valence-corrected chi connectivity index (χ3v) is 3.09. The van der Waals surface area contributed by atoms with Crippen LogP contribution >= 0.6 is 0 Å². The van der Waals surface area contributed by atoms with Crippen molar-refractivity contribution in [1.29, 1.82) is 0 Å². The summed E-state index contributed by atoms with van der Waals surface area (Å²) >= 11 is 0. The molecule has 0 aliphatic heterocycles. The lowest BCUT2D eigenvalue weighted by Gasteiger charge is -2.01. The maximum absolute atomic E-state index is 10.7. The number of nitrogens with zero attached hydrogens (tertiary/aromatic N) is 2. The van der Waals surface area contributed by atoms with Crippen LogP contribution in [0.25, 0.3) is 11.3 Å². The molecule has 0 amide bonds. The molecular weight excluding hydrogens is 240 g/mol. The molecule has 1 heterocycles. The Morgan fingerprint density at radius 1 is 1.32 bits per heavy atom. The lowest BCUT2D eigenvalue weighted by Crippen LogP contribution is -1.97. The number of carbonyl (C=O) groups is 1. The van der Waals surface area contributed by atoms with Gasteiger partial charge in [0.1, 0.15) is 0 Å². The predicted molar refractivity (Wildman–Crippen MR) is 74.0 cm³/mol. The standard InChI is InChI=1S/C15H18N2O2/c1-3-17-10-13(8-9-14(18)19)15(16-17)12-6-4-11(2)5-7-12/h4-7,10H,3,8-9H2,1-2H3,(H,18,19). The number of aryl methyl sites for hydroxylation is 3. The van der Waals surface area contributed by atoms with Gasteiger partial charge in [-0.15, -0.1) is 0 Å². The van der Waals surface area contributed by atoms with Crippen LogP contribution in [0.3, 0.4) is 0 Å². The number of benzene rings is 1. The Balaban J connectivity index is 2.34. The third kappa shape index (κ3) is 3.22. The van der Waals surface area contributed by atoms with Crippen molar-refractivity contribution in [2.45, 2.75) is 33.2 Å². The van der Waals surface area contributed by atoms with E-state index in [0.717, 1.165) is 23.4 Å². The van der Waals surface area contributed by atoms with E-state index in [0.29, 0.717) is 6.42 Å². The van der Waals surface area contributed by atoms with Crippen molar-refractivity contribution in [3.05, 3.63) is 41.6 Å². The normalized spacial score (nSPS) is 10.6. The van der Waals surface area contributed by atoms with Gasteiger partial charge in [-0.1, -0.05) is 29.8 Å². The lowest BCUT2D eigenvalue weighted by molar-refractivity contribution is -0.136. The summed E-state index contributed by atoms with van der Waals surface area (Å²) in [7, 11) is 0. The Kier molecular flexibility index (Phi) is 4.00. The quantitative estimate of drug-likeness (QED) is 0.897. The fourth-order valence-corrected chi connectivity index (χ4v) is 2.00. The summed E-state index contributed by atoms with van der Waals surface area (Å²) in [5, 5.41) is 13.3. The second-order valence-electron chi connectivity index (χ2n) is 4.62. The number of aliphatic carboxylic acids is 1. The van der Waals surface area contributed by atoms with Crippen molar-refractivity contribution in [1.82, 2.24) is 9.78 Å². The summed E-state index contributed by atoms with van der Waals surface area (Å²) in [6, 6.07) is 8.15. The Hall–Kier alpha value is -2.10. The second kappa shape index (κ2) is 5.69. The van der Waals surface area contributed by atoms with E-state index in [1.54, 1.807) is 0 Å². The van der Waals surface area contributed by atoms with Gasteiger partial charge in [-0.3, -0.25) is 9.48 Å². The topological polar surface area (TPSA) is 55.1 Å². The molecule has 0 saturated heterocycles. The van der Waals surface area contributed by atoms with Crippen LogP contribution in [-0.2, 0) is 17.8 Å². The zero-order chi connectivity index (χ0) is 13.8. The minimum atomic E-state index is -0.779. The summed E-state index contributed by atoms with van der Waals surface area (Å²) in [4.78, 5) is 10.7. The molecule has 0 fully saturated rings. The molecule has 4 heteroatoms. The molecular formula is C15H18N2O2. The Bertz CT molecular complexity index is 570. The molecule has 1 N–H and O–H groups in total. The number of rotatable bonds is 5. The van der Waals surface area contributed by atoms with E-state index in [2.05, 4.69) is 5.10 Å². The molecule has 0 unspecified atom stereocenters. The fraction of sp³-hybridized carbons (Fsp3) is 0.333. The molecule has 0 radical (unpaired) electrons. The van der Waals surface area contributed by atoms with Crippen LogP contribution in [0.4, 0.5) is 0 Å². The molecule has 0 aliphatic carbocycles. The van der Waals surface area contributed by atoms with Crippen LogP contribution in [-0.4, -0.2) is 20.9 Å². The van der Waals surface area contributed by atoms with Crippen molar-refractivity contribution in [2.75, 3.05) is 0 Å². The molecule has 0 saturated carbocycles. The van der Waals surface area contributed by atoms with Crippen molar-refractivity contribution in [2.24, 2.45) is 0 Å². The SMILES string of the molecule is CCn1cc(CCC(=O)O)c(-c2ccc(C)cc2)n1. The molecule has 0 aliphatic rings. The van der Waals surface area contributed by atoms with E-state index in [1.807, 2.05) is 49.0 Å².